The number of para-hydroxylation sites is 2. The van der Waals surface area contributed by atoms with E-state index >= 15 is 0 Å². The van der Waals surface area contributed by atoms with Crippen molar-refractivity contribution in [3.05, 3.63) is 133 Å². The van der Waals surface area contributed by atoms with Crippen molar-refractivity contribution >= 4 is 33.0 Å². The van der Waals surface area contributed by atoms with Crippen LogP contribution in [0.15, 0.2) is 138 Å². The molecule has 0 saturated heterocycles. The quantitative estimate of drug-likeness (QED) is 0.236. The molecule has 0 N–H and O–H groups in total. The molecule has 40 heavy (non-hydrogen) atoms. The number of benzene rings is 5. The Morgan fingerprint density at radius 2 is 0.975 bits per heavy atom. The minimum absolute atomic E-state index is 0.550. The van der Waals surface area contributed by atoms with E-state index in [1.165, 1.54) is 5.56 Å². The fraction of sp³-hybridized carbons (Fsp3) is 0. The molecule has 8 aromatic rings. The van der Waals surface area contributed by atoms with Gasteiger partial charge in [-0.15, -0.1) is 0 Å². The monoisotopic (exact) mass is 514 g/mol. The van der Waals surface area contributed by atoms with Crippen LogP contribution in [0.4, 0.5) is 0 Å². The molecule has 0 fully saturated rings. The highest BCUT2D eigenvalue weighted by atomic mass is 16.3. The van der Waals surface area contributed by atoms with Gasteiger partial charge in [0.25, 0.3) is 0 Å². The molecule has 0 spiro atoms. The molecule has 5 nitrogen and oxygen atoms in total. The van der Waals surface area contributed by atoms with Crippen molar-refractivity contribution < 1.29 is 4.42 Å². The number of rotatable bonds is 4. The molecule has 5 aromatic carbocycles. The van der Waals surface area contributed by atoms with Crippen LogP contribution >= 0.6 is 0 Å². The fourth-order valence-electron chi connectivity index (χ4n) is 5.38. The number of aromatic nitrogens is 4. The lowest BCUT2D eigenvalue weighted by Crippen LogP contribution is -2.06. The number of nitrogens with zero attached hydrogens (tertiary/aromatic N) is 4. The number of fused-ring (bicyclic) bond motifs is 5. The van der Waals surface area contributed by atoms with Gasteiger partial charge in [0.15, 0.2) is 17.2 Å². The standard InChI is InChI=1S/C35H22N4O/c1-3-11-23(12-4-1)24-19-21-26(22-20-24)34-36-33(25-13-5-2-6-14-25)37-35(38-34)39-29-17-9-7-15-27(29)32-31(39)28-16-8-10-18-30(28)40-32/h1-22H. The first-order chi connectivity index (χ1) is 19.8. The van der Waals surface area contributed by atoms with Gasteiger partial charge in [0.2, 0.25) is 5.95 Å². The van der Waals surface area contributed by atoms with E-state index in [0.717, 1.165) is 49.7 Å². The van der Waals surface area contributed by atoms with Crippen molar-refractivity contribution in [1.82, 2.24) is 19.5 Å². The molecule has 0 aliphatic heterocycles. The average molecular weight is 515 g/mol. The van der Waals surface area contributed by atoms with Crippen LogP contribution in [0, 0.1) is 0 Å². The molecule has 3 heterocycles. The van der Waals surface area contributed by atoms with Gasteiger partial charge in [0.05, 0.1) is 5.52 Å². The van der Waals surface area contributed by atoms with Crippen LogP contribution in [0.2, 0.25) is 0 Å². The lowest BCUT2D eigenvalue weighted by molar-refractivity contribution is 0.672. The molecule has 0 saturated carbocycles. The highest BCUT2D eigenvalue weighted by Crippen LogP contribution is 2.38. The summed E-state index contributed by atoms with van der Waals surface area (Å²) in [5.41, 5.74) is 7.76. The molecule has 0 bridgehead atoms. The Kier molecular flexibility index (Phi) is 5.07. The van der Waals surface area contributed by atoms with Crippen molar-refractivity contribution in [2.24, 2.45) is 0 Å². The van der Waals surface area contributed by atoms with E-state index in [1.807, 2.05) is 66.7 Å². The Balaban J connectivity index is 1.39. The third kappa shape index (κ3) is 3.60. The van der Waals surface area contributed by atoms with Crippen LogP contribution < -0.4 is 0 Å². The van der Waals surface area contributed by atoms with Crippen molar-refractivity contribution in [2.75, 3.05) is 0 Å². The number of hydrogen-bond acceptors (Lipinski definition) is 4. The Hall–Kier alpha value is -5.55. The second kappa shape index (κ2) is 9.03. The summed E-state index contributed by atoms with van der Waals surface area (Å²) in [7, 11) is 0. The van der Waals surface area contributed by atoms with Crippen LogP contribution in [0.25, 0.3) is 72.8 Å². The highest BCUT2D eigenvalue weighted by Gasteiger charge is 2.22. The van der Waals surface area contributed by atoms with Gasteiger partial charge in [-0.25, -0.2) is 4.98 Å². The van der Waals surface area contributed by atoms with E-state index in [0.29, 0.717) is 17.6 Å². The van der Waals surface area contributed by atoms with E-state index in [9.17, 15) is 0 Å². The van der Waals surface area contributed by atoms with Crippen LogP contribution in [0.5, 0.6) is 0 Å². The highest BCUT2D eigenvalue weighted by molar-refractivity contribution is 6.16. The fourth-order valence-corrected chi connectivity index (χ4v) is 5.38. The molecule has 0 radical (unpaired) electrons. The summed E-state index contributed by atoms with van der Waals surface area (Å²) in [6.45, 7) is 0. The molecule has 0 amide bonds. The zero-order valence-corrected chi connectivity index (χ0v) is 21.4. The normalized spacial score (nSPS) is 11.5. The maximum Gasteiger partial charge on any atom is 0.238 e. The van der Waals surface area contributed by atoms with Gasteiger partial charge in [-0.2, -0.15) is 9.97 Å². The predicted molar refractivity (Wildman–Crippen MR) is 160 cm³/mol. The van der Waals surface area contributed by atoms with Crippen LogP contribution in [-0.4, -0.2) is 19.5 Å². The van der Waals surface area contributed by atoms with Crippen molar-refractivity contribution in [3.63, 3.8) is 0 Å². The van der Waals surface area contributed by atoms with Gasteiger partial charge in [-0.3, -0.25) is 4.57 Å². The van der Waals surface area contributed by atoms with Gasteiger partial charge in [-0.1, -0.05) is 109 Å². The molecule has 0 atom stereocenters. The van der Waals surface area contributed by atoms with Gasteiger partial charge in [0.1, 0.15) is 11.1 Å². The summed E-state index contributed by atoms with van der Waals surface area (Å²) in [6, 6.07) is 45.1. The van der Waals surface area contributed by atoms with E-state index in [4.69, 9.17) is 19.4 Å². The second-order valence-electron chi connectivity index (χ2n) is 9.72. The molecule has 0 aliphatic carbocycles. The Labute approximate surface area is 230 Å². The molecular weight excluding hydrogens is 492 g/mol. The van der Waals surface area contributed by atoms with Gasteiger partial charge in [0, 0.05) is 21.9 Å². The summed E-state index contributed by atoms with van der Waals surface area (Å²) < 4.78 is 8.46. The lowest BCUT2D eigenvalue weighted by atomic mass is 10.0. The van der Waals surface area contributed by atoms with Crippen molar-refractivity contribution in [1.29, 1.82) is 0 Å². The Bertz CT molecular complexity index is 2140. The van der Waals surface area contributed by atoms with E-state index in [-0.39, 0.29) is 0 Å². The predicted octanol–water partition coefficient (Wildman–Crippen LogP) is 8.72. The number of furan rings is 1. The topological polar surface area (TPSA) is 56.7 Å². The van der Waals surface area contributed by atoms with Crippen molar-refractivity contribution in [2.45, 2.75) is 0 Å². The summed E-state index contributed by atoms with van der Waals surface area (Å²) in [5, 5.41) is 2.04. The SMILES string of the molecule is c1ccc(-c2ccc(-c3nc(-c4ccccc4)nc(-n4c5ccccc5c5oc6ccccc6c54)n3)cc2)cc1. The Morgan fingerprint density at radius 1 is 0.450 bits per heavy atom. The molecular formula is C35H22N4O. The lowest BCUT2D eigenvalue weighted by Gasteiger charge is -2.11. The zero-order chi connectivity index (χ0) is 26.5. The summed E-state index contributed by atoms with van der Waals surface area (Å²) >= 11 is 0. The molecule has 8 rings (SSSR count). The first kappa shape index (κ1) is 22.4. The minimum atomic E-state index is 0.550. The average Bonchev–Trinajstić information content (AvgIpc) is 3.57. The van der Waals surface area contributed by atoms with E-state index < -0.39 is 0 Å². The van der Waals surface area contributed by atoms with Crippen molar-refractivity contribution in [3.8, 4) is 39.9 Å². The molecule has 5 heteroatoms. The minimum Gasteiger partial charge on any atom is -0.454 e. The maximum atomic E-state index is 6.36. The smallest absolute Gasteiger partial charge is 0.238 e. The molecule has 188 valence electrons. The zero-order valence-electron chi connectivity index (χ0n) is 21.4. The van der Waals surface area contributed by atoms with E-state index in [1.54, 1.807) is 0 Å². The third-order valence-corrected chi connectivity index (χ3v) is 7.29. The third-order valence-electron chi connectivity index (χ3n) is 7.29. The first-order valence-corrected chi connectivity index (χ1v) is 13.2. The first-order valence-electron chi connectivity index (χ1n) is 13.2. The molecule has 0 aliphatic rings. The summed E-state index contributed by atoms with van der Waals surface area (Å²) in [6.07, 6.45) is 0. The van der Waals surface area contributed by atoms with Crippen LogP contribution in [0.3, 0.4) is 0 Å². The maximum absolute atomic E-state index is 6.36. The van der Waals surface area contributed by atoms with Gasteiger partial charge in [-0.05, 0) is 35.4 Å². The molecule has 3 aromatic heterocycles. The van der Waals surface area contributed by atoms with Crippen LogP contribution in [0.1, 0.15) is 0 Å². The summed E-state index contributed by atoms with van der Waals surface area (Å²) in [5.74, 6) is 1.78. The molecule has 0 unspecified atom stereocenters. The Morgan fingerprint density at radius 3 is 1.70 bits per heavy atom. The summed E-state index contributed by atoms with van der Waals surface area (Å²) in [4.78, 5) is 15.0. The largest absolute Gasteiger partial charge is 0.454 e. The second-order valence-corrected chi connectivity index (χ2v) is 9.72. The van der Waals surface area contributed by atoms with Gasteiger partial charge >= 0.3 is 0 Å². The number of hydrogen-bond donors (Lipinski definition) is 0. The van der Waals surface area contributed by atoms with Gasteiger partial charge < -0.3 is 4.42 Å². The van der Waals surface area contributed by atoms with E-state index in [2.05, 4.69) is 71.3 Å². The van der Waals surface area contributed by atoms with Crippen LogP contribution in [-0.2, 0) is 0 Å².